The number of thioether (sulfide) groups is 1. The van der Waals surface area contributed by atoms with Gasteiger partial charge in [0, 0.05) is 32.2 Å². The van der Waals surface area contributed by atoms with Crippen LogP contribution in [-0.2, 0) is 10.0 Å². The number of hydrogen-bond acceptors (Lipinski definition) is 8. The number of nitrogens with one attached hydrogen (secondary N) is 2. The fourth-order valence-corrected chi connectivity index (χ4v) is 3.28. The van der Waals surface area contributed by atoms with Crippen LogP contribution in [0.5, 0.6) is 0 Å². The summed E-state index contributed by atoms with van der Waals surface area (Å²) in [7, 11) is 0.0935. The monoisotopic (exact) mass is 402 g/mol. The Morgan fingerprint density at radius 2 is 1.80 bits per heavy atom. The van der Waals surface area contributed by atoms with Gasteiger partial charge >= 0.3 is 0 Å². The van der Waals surface area contributed by atoms with Crippen molar-refractivity contribution in [3.8, 4) is 0 Å². The van der Waals surface area contributed by atoms with E-state index in [2.05, 4.69) is 25.0 Å². The molecule has 0 atom stereocenters. The molecule has 11 heteroatoms. The summed E-state index contributed by atoms with van der Waals surface area (Å²) in [6, 6.07) is 5.98. The lowest BCUT2D eigenvalue weighted by Gasteiger charge is -2.13. The van der Waals surface area contributed by atoms with Crippen molar-refractivity contribution in [2.24, 2.45) is 0 Å². The topological polar surface area (TPSA) is 100 Å². The summed E-state index contributed by atoms with van der Waals surface area (Å²) >= 11 is 7.17. The molecule has 0 unspecified atom stereocenters. The molecule has 1 aromatic carbocycles. The second-order valence-electron chi connectivity index (χ2n) is 5.12. The van der Waals surface area contributed by atoms with Crippen molar-refractivity contribution >= 4 is 45.3 Å². The van der Waals surface area contributed by atoms with Gasteiger partial charge in [-0.15, -0.1) is 0 Å². The maximum Gasteiger partial charge on any atom is 0.240 e. The van der Waals surface area contributed by atoms with Crippen LogP contribution in [0.4, 0.5) is 11.9 Å². The normalized spacial score (nSPS) is 11.4. The molecule has 1 heterocycles. The molecule has 0 aliphatic heterocycles. The molecule has 8 nitrogen and oxygen atoms in total. The number of benzene rings is 1. The van der Waals surface area contributed by atoms with Crippen LogP contribution in [0, 0.1) is 0 Å². The Morgan fingerprint density at radius 3 is 2.40 bits per heavy atom. The van der Waals surface area contributed by atoms with Crippen molar-refractivity contribution < 1.29 is 8.42 Å². The number of rotatable bonds is 8. The summed E-state index contributed by atoms with van der Waals surface area (Å²) < 4.78 is 26.8. The zero-order valence-electron chi connectivity index (χ0n) is 14.0. The van der Waals surface area contributed by atoms with Gasteiger partial charge in [0.2, 0.25) is 21.9 Å². The SMILES string of the molecule is CSc1nc(NCCNS(=O)(=O)c2ccc(Cl)cc2)nc(N(C)C)n1. The summed E-state index contributed by atoms with van der Waals surface area (Å²) in [6.07, 6.45) is 1.87. The van der Waals surface area contributed by atoms with Crippen molar-refractivity contribution in [1.82, 2.24) is 19.7 Å². The fourth-order valence-electron chi connectivity index (χ4n) is 1.77. The lowest BCUT2D eigenvalue weighted by Crippen LogP contribution is -2.29. The van der Waals surface area contributed by atoms with Crippen LogP contribution in [0.1, 0.15) is 0 Å². The minimum atomic E-state index is -3.58. The van der Waals surface area contributed by atoms with Crippen LogP contribution in [0.25, 0.3) is 0 Å². The predicted octanol–water partition coefficient (Wildman–Crippen LogP) is 1.70. The van der Waals surface area contributed by atoms with Gasteiger partial charge < -0.3 is 10.2 Å². The molecule has 0 saturated heterocycles. The van der Waals surface area contributed by atoms with E-state index in [0.717, 1.165) is 0 Å². The van der Waals surface area contributed by atoms with E-state index in [1.54, 1.807) is 4.90 Å². The maximum absolute atomic E-state index is 12.2. The van der Waals surface area contributed by atoms with Gasteiger partial charge in [0.1, 0.15) is 0 Å². The first kappa shape index (κ1) is 19.7. The van der Waals surface area contributed by atoms with Crippen LogP contribution in [0.3, 0.4) is 0 Å². The molecule has 0 radical (unpaired) electrons. The van der Waals surface area contributed by atoms with Gasteiger partial charge in [0.15, 0.2) is 5.16 Å². The minimum Gasteiger partial charge on any atom is -0.353 e. The zero-order chi connectivity index (χ0) is 18.4. The van der Waals surface area contributed by atoms with Gasteiger partial charge in [0.05, 0.1) is 4.90 Å². The molecule has 0 fully saturated rings. The molecule has 25 heavy (non-hydrogen) atoms. The lowest BCUT2D eigenvalue weighted by atomic mass is 10.4. The Bertz CT molecular complexity index is 815. The minimum absolute atomic E-state index is 0.164. The van der Waals surface area contributed by atoms with E-state index in [1.165, 1.54) is 36.0 Å². The first-order valence-corrected chi connectivity index (χ1v) is 10.4. The Hall–Kier alpha value is -1.62. The van der Waals surface area contributed by atoms with E-state index in [-0.39, 0.29) is 11.4 Å². The van der Waals surface area contributed by atoms with Gasteiger partial charge in [-0.1, -0.05) is 23.4 Å². The van der Waals surface area contributed by atoms with Crippen molar-refractivity contribution in [2.75, 3.05) is 43.7 Å². The number of halogens is 1. The van der Waals surface area contributed by atoms with Crippen LogP contribution in [0.2, 0.25) is 5.02 Å². The van der Waals surface area contributed by atoms with E-state index in [4.69, 9.17) is 11.6 Å². The summed E-state index contributed by atoms with van der Waals surface area (Å²) in [5.74, 6) is 0.928. The Labute approximate surface area is 156 Å². The van der Waals surface area contributed by atoms with Gasteiger partial charge in [-0.25, -0.2) is 13.1 Å². The van der Waals surface area contributed by atoms with Gasteiger partial charge in [-0.3, -0.25) is 0 Å². The molecule has 0 spiro atoms. The predicted molar refractivity (Wildman–Crippen MR) is 101 cm³/mol. The maximum atomic E-state index is 12.2. The first-order valence-electron chi connectivity index (χ1n) is 7.28. The van der Waals surface area contributed by atoms with Crippen LogP contribution in [0.15, 0.2) is 34.3 Å². The highest BCUT2D eigenvalue weighted by molar-refractivity contribution is 7.98. The third-order valence-electron chi connectivity index (χ3n) is 3.01. The number of sulfonamides is 1. The molecular formula is C14H19ClN6O2S2. The summed E-state index contributed by atoms with van der Waals surface area (Å²) in [5.41, 5.74) is 0. The second kappa shape index (κ2) is 8.65. The number of aromatic nitrogens is 3. The van der Waals surface area contributed by atoms with Crippen LogP contribution >= 0.6 is 23.4 Å². The molecule has 2 rings (SSSR count). The second-order valence-corrected chi connectivity index (χ2v) is 8.10. The van der Waals surface area contributed by atoms with Gasteiger partial charge in [-0.05, 0) is 30.5 Å². The molecule has 0 amide bonds. The molecule has 2 N–H and O–H groups in total. The highest BCUT2D eigenvalue weighted by Crippen LogP contribution is 2.15. The van der Waals surface area contributed by atoms with E-state index in [1.807, 2.05) is 20.4 Å². The van der Waals surface area contributed by atoms with Crippen molar-refractivity contribution in [3.05, 3.63) is 29.3 Å². The third-order valence-corrected chi connectivity index (χ3v) is 5.29. The quantitative estimate of drug-likeness (QED) is 0.508. The molecular weight excluding hydrogens is 384 g/mol. The third kappa shape index (κ3) is 5.70. The summed E-state index contributed by atoms with van der Waals surface area (Å²) in [6.45, 7) is 0.514. The molecule has 0 saturated carbocycles. The van der Waals surface area contributed by atoms with Gasteiger partial charge in [0.25, 0.3) is 0 Å². The Morgan fingerprint density at radius 1 is 1.12 bits per heavy atom. The highest BCUT2D eigenvalue weighted by atomic mass is 35.5. The lowest BCUT2D eigenvalue weighted by molar-refractivity contribution is 0.583. The highest BCUT2D eigenvalue weighted by Gasteiger charge is 2.13. The first-order chi connectivity index (χ1) is 11.8. The standard InChI is InChI=1S/C14H19ClN6O2S2/c1-21(2)13-18-12(19-14(20-13)24-3)16-8-9-17-25(22,23)11-6-4-10(15)5-7-11/h4-7,17H,8-9H2,1-3H3,(H,16,18,19,20). The van der Waals surface area contributed by atoms with Crippen LogP contribution in [-0.4, -0.2) is 56.8 Å². The van der Waals surface area contributed by atoms with Crippen molar-refractivity contribution in [3.63, 3.8) is 0 Å². The summed E-state index contributed by atoms with van der Waals surface area (Å²) in [4.78, 5) is 14.7. The average Bonchev–Trinajstić information content (AvgIpc) is 2.58. The van der Waals surface area contributed by atoms with E-state index < -0.39 is 10.0 Å². The summed E-state index contributed by atoms with van der Waals surface area (Å²) in [5, 5.41) is 4.07. The Balaban J connectivity index is 1.94. The Kier molecular flexibility index (Phi) is 6.82. The fraction of sp³-hybridized carbons (Fsp3) is 0.357. The van der Waals surface area contributed by atoms with E-state index >= 15 is 0 Å². The molecule has 0 bridgehead atoms. The smallest absolute Gasteiger partial charge is 0.240 e. The van der Waals surface area contributed by atoms with Crippen molar-refractivity contribution in [1.29, 1.82) is 0 Å². The molecule has 0 aliphatic rings. The average molecular weight is 403 g/mol. The molecule has 0 aliphatic carbocycles. The number of anilines is 2. The van der Waals surface area contributed by atoms with Gasteiger partial charge in [-0.2, -0.15) is 15.0 Å². The largest absolute Gasteiger partial charge is 0.353 e. The van der Waals surface area contributed by atoms with Crippen LogP contribution < -0.4 is 14.9 Å². The number of nitrogens with zero attached hydrogens (tertiary/aromatic N) is 4. The zero-order valence-corrected chi connectivity index (χ0v) is 16.4. The molecule has 136 valence electrons. The number of hydrogen-bond donors (Lipinski definition) is 2. The van der Waals surface area contributed by atoms with E-state index in [0.29, 0.717) is 28.6 Å². The molecule has 2 aromatic rings. The van der Waals surface area contributed by atoms with E-state index in [9.17, 15) is 8.42 Å². The molecule has 1 aromatic heterocycles. The van der Waals surface area contributed by atoms with Crippen molar-refractivity contribution in [2.45, 2.75) is 10.1 Å².